The molecule has 1 unspecified atom stereocenters. The number of esters is 1. The highest BCUT2D eigenvalue weighted by atomic mass is 16.5. The second-order valence-electron chi connectivity index (χ2n) is 3.94. The first-order valence-corrected chi connectivity index (χ1v) is 6.10. The summed E-state index contributed by atoms with van der Waals surface area (Å²) in [7, 11) is 0. The SMILES string of the molecule is CCCC(C(=O)OCC)c1nnc2ncccn12. The van der Waals surface area contributed by atoms with Crippen LogP contribution in [0.5, 0.6) is 0 Å². The van der Waals surface area contributed by atoms with E-state index in [1.54, 1.807) is 29.8 Å². The molecule has 0 saturated carbocycles. The van der Waals surface area contributed by atoms with Gasteiger partial charge in [-0.05, 0) is 19.4 Å². The fourth-order valence-corrected chi connectivity index (χ4v) is 1.88. The van der Waals surface area contributed by atoms with Gasteiger partial charge in [0.1, 0.15) is 5.92 Å². The fraction of sp³-hybridized carbons (Fsp3) is 0.500. The number of nitrogens with zero attached hydrogens (tertiary/aromatic N) is 4. The van der Waals surface area contributed by atoms with Crippen molar-refractivity contribution >= 4 is 11.7 Å². The minimum Gasteiger partial charge on any atom is -0.465 e. The van der Waals surface area contributed by atoms with E-state index in [9.17, 15) is 4.79 Å². The topological polar surface area (TPSA) is 69.4 Å². The van der Waals surface area contributed by atoms with Gasteiger partial charge in [0.05, 0.1) is 6.61 Å². The van der Waals surface area contributed by atoms with Crippen LogP contribution in [0.2, 0.25) is 0 Å². The number of ether oxygens (including phenoxy) is 1. The van der Waals surface area contributed by atoms with Gasteiger partial charge >= 0.3 is 5.97 Å². The number of aromatic nitrogens is 4. The van der Waals surface area contributed by atoms with Gasteiger partial charge in [0.25, 0.3) is 5.78 Å². The summed E-state index contributed by atoms with van der Waals surface area (Å²) in [5, 5.41) is 8.03. The molecule has 2 heterocycles. The van der Waals surface area contributed by atoms with Crippen LogP contribution in [0.3, 0.4) is 0 Å². The third kappa shape index (κ3) is 2.32. The normalized spacial score (nSPS) is 12.6. The van der Waals surface area contributed by atoms with Crippen LogP contribution in [0.25, 0.3) is 5.78 Å². The number of rotatable bonds is 5. The lowest BCUT2D eigenvalue weighted by Crippen LogP contribution is -2.18. The molecule has 0 radical (unpaired) electrons. The predicted octanol–water partition coefficient (Wildman–Crippen LogP) is 1.57. The van der Waals surface area contributed by atoms with Gasteiger partial charge in [-0.15, -0.1) is 10.2 Å². The first-order chi connectivity index (χ1) is 8.77. The zero-order chi connectivity index (χ0) is 13.0. The van der Waals surface area contributed by atoms with Gasteiger partial charge in [-0.1, -0.05) is 13.3 Å². The zero-order valence-electron chi connectivity index (χ0n) is 10.5. The Morgan fingerprint density at radius 2 is 2.28 bits per heavy atom. The molecule has 0 saturated heterocycles. The first kappa shape index (κ1) is 12.5. The average molecular weight is 248 g/mol. The molecular formula is C12H16N4O2. The molecule has 0 aliphatic rings. The first-order valence-electron chi connectivity index (χ1n) is 6.10. The summed E-state index contributed by atoms with van der Waals surface area (Å²) >= 11 is 0. The smallest absolute Gasteiger partial charge is 0.316 e. The average Bonchev–Trinajstić information content (AvgIpc) is 2.80. The lowest BCUT2D eigenvalue weighted by molar-refractivity contribution is -0.145. The molecule has 0 aliphatic heterocycles. The van der Waals surface area contributed by atoms with E-state index < -0.39 is 0 Å². The fourth-order valence-electron chi connectivity index (χ4n) is 1.88. The molecule has 2 aromatic rings. The van der Waals surface area contributed by atoms with Crippen molar-refractivity contribution in [3.8, 4) is 0 Å². The Balaban J connectivity index is 2.38. The van der Waals surface area contributed by atoms with E-state index in [0.29, 0.717) is 24.6 Å². The van der Waals surface area contributed by atoms with Crippen molar-refractivity contribution in [2.75, 3.05) is 6.61 Å². The Bertz CT molecular complexity index is 538. The van der Waals surface area contributed by atoms with Crippen molar-refractivity contribution in [3.05, 3.63) is 24.3 Å². The summed E-state index contributed by atoms with van der Waals surface area (Å²) in [4.78, 5) is 16.0. The van der Waals surface area contributed by atoms with Gasteiger partial charge in [-0.3, -0.25) is 9.20 Å². The molecule has 6 nitrogen and oxygen atoms in total. The van der Waals surface area contributed by atoms with Crippen LogP contribution in [0.1, 0.15) is 38.4 Å². The van der Waals surface area contributed by atoms with E-state index in [4.69, 9.17) is 4.74 Å². The van der Waals surface area contributed by atoms with Crippen molar-refractivity contribution in [1.82, 2.24) is 19.6 Å². The molecule has 0 fully saturated rings. The van der Waals surface area contributed by atoms with Gasteiger partial charge in [0, 0.05) is 12.4 Å². The minimum absolute atomic E-state index is 0.252. The molecule has 0 amide bonds. The minimum atomic E-state index is -0.380. The van der Waals surface area contributed by atoms with Crippen LogP contribution in [0, 0.1) is 0 Å². The second kappa shape index (κ2) is 5.57. The van der Waals surface area contributed by atoms with Crippen molar-refractivity contribution in [2.24, 2.45) is 0 Å². The van der Waals surface area contributed by atoms with Crippen molar-refractivity contribution in [1.29, 1.82) is 0 Å². The van der Waals surface area contributed by atoms with Crippen molar-refractivity contribution in [2.45, 2.75) is 32.6 Å². The molecule has 0 bridgehead atoms. The Morgan fingerprint density at radius 3 is 3.00 bits per heavy atom. The molecule has 0 aliphatic carbocycles. The number of hydrogen-bond donors (Lipinski definition) is 0. The maximum atomic E-state index is 12.0. The maximum absolute atomic E-state index is 12.0. The maximum Gasteiger partial charge on any atom is 0.316 e. The third-order valence-electron chi connectivity index (χ3n) is 2.68. The highest BCUT2D eigenvalue weighted by molar-refractivity contribution is 5.77. The van der Waals surface area contributed by atoms with Crippen LogP contribution in [0.15, 0.2) is 18.5 Å². The Kier molecular flexibility index (Phi) is 3.86. The lowest BCUT2D eigenvalue weighted by atomic mass is 10.0. The molecule has 18 heavy (non-hydrogen) atoms. The predicted molar refractivity (Wildman–Crippen MR) is 65.1 cm³/mol. The Hall–Kier alpha value is -1.98. The number of hydrogen-bond acceptors (Lipinski definition) is 5. The number of carbonyl (C=O) groups excluding carboxylic acids is 1. The summed E-state index contributed by atoms with van der Waals surface area (Å²) in [6.07, 6.45) is 5.01. The summed E-state index contributed by atoms with van der Waals surface area (Å²) in [5.41, 5.74) is 0. The van der Waals surface area contributed by atoms with Crippen molar-refractivity contribution in [3.63, 3.8) is 0 Å². The molecular weight excluding hydrogens is 232 g/mol. The van der Waals surface area contributed by atoms with E-state index in [0.717, 1.165) is 6.42 Å². The quantitative estimate of drug-likeness (QED) is 0.751. The monoisotopic (exact) mass is 248 g/mol. The summed E-state index contributed by atoms with van der Waals surface area (Å²) in [5.74, 6) is 0.461. The largest absolute Gasteiger partial charge is 0.465 e. The van der Waals surface area contributed by atoms with Crippen molar-refractivity contribution < 1.29 is 9.53 Å². The van der Waals surface area contributed by atoms with Crippen LogP contribution in [-0.4, -0.2) is 32.2 Å². The molecule has 2 aromatic heterocycles. The number of carbonyl (C=O) groups is 1. The van der Waals surface area contributed by atoms with Gasteiger partial charge in [-0.2, -0.15) is 0 Å². The number of fused-ring (bicyclic) bond motifs is 1. The zero-order valence-corrected chi connectivity index (χ0v) is 10.5. The molecule has 0 spiro atoms. The lowest BCUT2D eigenvalue weighted by Gasteiger charge is -2.12. The molecule has 2 rings (SSSR count). The third-order valence-corrected chi connectivity index (χ3v) is 2.68. The van der Waals surface area contributed by atoms with E-state index in [2.05, 4.69) is 15.2 Å². The molecule has 1 atom stereocenters. The molecule has 0 aromatic carbocycles. The highest BCUT2D eigenvalue weighted by Gasteiger charge is 2.26. The summed E-state index contributed by atoms with van der Waals surface area (Å²) in [6.45, 7) is 4.19. The van der Waals surface area contributed by atoms with Crippen LogP contribution >= 0.6 is 0 Å². The van der Waals surface area contributed by atoms with E-state index in [1.165, 1.54) is 0 Å². The van der Waals surface area contributed by atoms with Gasteiger partial charge in [-0.25, -0.2) is 4.98 Å². The molecule has 96 valence electrons. The van der Waals surface area contributed by atoms with Crippen LogP contribution in [0.4, 0.5) is 0 Å². The Labute approximate surface area is 105 Å². The summed E-state index contributed by atoms with van der Waals surface area (Å²) < 4.78 is 6.82. The molecule has 0 N–H and O–H groups in total. The standard InChI is InChI=1S/C12H16N4O2/c1-3-6-9(11(17)18-4-2)10-14-15-12-13-7-5-8-16(10)12/h5,7-9H,3-4,6H2,1-2H3. The van der Waals surface area contributed by atoms with Crippen LogP contribution < -0.4 is 0 Å². The van der Waals surface area contributed by atoms with Crippen LogP contribution in [-0.2, 0) is 9.53 Å². The van der Waals surface area contributed by atoms with Gasteiger partial charge in [0.15, 0.2) is 5.82 Å². The van der Waals surface area contributed by atoms with Gasteiger partial charge < -0.3 is 4.74 Å². The second-order valence-corrected chi connectivity index (χ2v) is 3.94. The van der Waals surface area contributed by atoms with Gasteiger partial charge in [0.2, 0.25) is 0 Å². The van der Waals surface area contributed by atoms with E-state index in [1.807, 2.05) is 6.92 Å². The highest BCUT2D eigenvalue weighted by Crippen LogP contribution is 2.21. The Morgan fingerprint density at radius 1 is 1.44 bits per heavy atom. The summed E-state index contributed by atoms with van der Waals surface area (Å²) in [6, 6.07) is 1.79. The van der Waals surface area contributed by atoms with E-state index in [-0.39, 0.29) is 11.9 Å². The van der Waals surface area contributed by atoms with E-state index >= 15 is 0 Å². The molecule has 6 heteroatoms.